The molecule has 0 saturated heterocycles. The van der Waals surface area contributed by atoms with E-state index in [4.69, 9.17) is 0 Å². The molecule has 0 atom stereocenters. The Morgan fingerprint density at radius 2 is 0.900 bits per heavy atom. The van der Waals surface area contributed by atoms with Crippen LogP contribution in [-0.4, -0.2) is 26.2 Å². The second-order valence-electron chi connectivity index (χ2n) is 2.67. The van der Waals surface area contributed by atoms with Gasteiger partial charge in [0, 0.05) is 0 Å². The SMILES string of the molecule is Cc1cc(C)cc(C)c1.[BiH3]. The molecule has 0 aliphatic heterocycles. The predicted octanol–water partition coefficient (Wildman–Crippen LogP) is 1.43. The van der Waals surface area contributed by atoms with Crippen LogP contribution in [0.5, 0.6) is 0 Å². The molecule has 0 unspecified atom stereocenters. The van der Waals surface area contributed by atoms with Gasteiger partial charge in [-0.3, -0.25) is 0 Å². The second-order valence-corrected chi connectivity index (χ2v) is 2.67. The minimum absolute atomic E-state index is 0. The third-order valence-electron chi connectivity index (χ3n) is 1.37. The molecule has 0 N–H and O–H groups in total. The van der Waals surface area contributed by atoms with Crippen LogP contribution >= 0.6 is 0 Å². The number of hydrogen-bond acceptors (Lipinski definition) is 0. The summed E-state index contributed by atoms with van der Waals surface area (Å²) >= 11 is 0. The van der Waals surface area contributed by atoms with Gasteiger partial charge in [0.2, 0.25) is 0 Å². The standard InChI is InChI=1S/C9H12.Bi.3H/c1-7-4-8(2)6-9(3)5-7;;;;/h4-6H,1-3H3;;;;. The second kappa shape index (κ2) is 4.08. The third-order valence-corrected chi connectivity index (χ3v) is 1.37. The maximum atomic E-state index is 2.19. The summed E-state index contributed by atoms with van der Waals surface area (Å²) in [4.78, 5) is 0. The van der Waals surface area contributed by atoms with E-state index in [-0.39, 0.29) is 26.2 Å². The van der Waals surface area contributed by atoms with Gasteiger partial charge in [-0.15, -0.1) is 0 Å². The molecule has 1 aromatic carbocycles. The third kappa shape index (κ3) is 2.79. The van der Waals surface area contributed by atoms with Gasteiger partial charge in [-0.1, -0.05) is 34.9 Å². The summed E-state index contributed by atoms with van der Waals surface area (Å²) in [6.45, 7) is 6.38. The van der Waals surface area contributed by atoms with Gasteiger partial charge in [0.1, 0.15) is 0 Å². The van der Waals surface area contributed by atoms with E-state index in [1.807, 2.05) is 0 Å². The van der Waals surface area contributed by atoms with Gasteiger partial charge in [0.25, 0.3) is 0 Å². The summed E-state index contributed by atoms with van der Waals surface area (Å²) in [6, 6.07) is 6.56. The molecule has 0 fully saturated rings. The van der Waals surface area contributed by atoms with Gasteiger partial charge in [-0.05, 0) is 20.8 Å². The fourth-order valence-electron chi connectivity index (χ4n) is 1.20. The van der Waals surface area contributed by atoms with Crippen LogP contribution in [0.1, 0.15) is 16.7 Å². The first-order chi connectivity index (χ1) is 4.18. The van der Waals surface area contributed by atoms with Gasteiger partial charge >= 0.3 is 26.2 Å². The van der Waals surface area contributed by atoms with Crippen LogP contribution < -0.4 is 0 Å². The van der Waals surface area contributed by atoms with Crippen LogP contribution in [0.2, 0.25) is 0 Å². The van der Waals surface area contributed by atoms with Crippen molar-refractivity contribution >= 4 is 26.2 Å². The molecule has 0 heterocycles. The number of rotatable bonds is 0. The minimum atomic E-state index is 0. The van der Waals surface area contributed by atoms with Gasteiger partial charge in [-0.25, -0.2) is 0 Å². The zero-order valence-corrected chi connectivity index (χ0v) is 12.4. The van der Waals surface area contributed by atoms with E-state index in [9.17, 15) is 0 Å². The molecule has 1 aromatic rings. The Morgan fingerprint density at radius 1 is 0.700 bits per heavy atom. The summed E-state index contributed by atoms with van der Waals surface area (Å²) in [5.41, 5.74) is 4.06. The summed E-state index contributed by atoms with van der Waals surface area (Å²) in [7, 11) is 0. The Kier molecular flexibility index (Phi) is 4.12. The van der Waals surface area contributed by atoms with Crippen molar-refractivity contribution in [3.8, 4) is 0 Å². The van der Waals surface area contributed by atoms with Gasteiger partial charge in [0.15, 0.2) is 0 Å². The van der Waals surface area contributed by atoms with E-state index in [1.165, 1.54) is 16.7 Å². The van der Waals surface area contributed by atoms with Crippen molar-refractivity contribution in [2.75, 3.05) is 0 Å². The summed E-state index contributed by atoms with van der Waals surface area (Å²) in [5.74, 6) is 0. The molecule has 0 nitrogen and oxygen atoms in total. The fourth-order valence-corrected chi connectivity index (χ4v) is 1.20. The number of benzene rings is 1. The monoisotopic (exact) mass is 332 g/mol. The zero-order chi connectivity index (χ0) is 6.85. The number of hydrogen-bond donors (Lipinski definition) is 0. The first-order valence-corrected chi connectivity index (χ1v) is 3.23. The van der Waals surface area contributed by atoms with Crippen molar-refractivity contribution in [3.05, 3.63) is 34.9 Å². The van der Waals surface area contributed by atoms with Crippen LogP contribution in [0.3, 0.4) is 0 Å². The molecule has 1 rings (SSSR count). The zero-order valence-electron chi connectivity index (χ0n) is 6.94. The van der Waals surface area contributed by atoms with Gasteiger partial charge in [-0.2, -0.15) is 0 Å². The molecule has 0 spiro atoms. The first kappa shape index (κ1) is 10.1. The van der Waals surface area contributed by atoms with E-state index in [0.717, 1.165) is 0 Å². The normalized spacial score (nSPS) is 8.70. The van der Waals surface area contributed by atoms with E-state index < -0.39 is 0 Å². The molecule has 0 aliphatic rings. The van der Waals surface area contributed by atoms with Crippen molar-refractivity contribution in [1.82, 2.24) is 0 Å². The van der Waals surface area contributed by atoms with E-state index in [2.05, 4.69) is 39.0 Å². The molecule has 10 heavy (non-hydrogen) atoms. The van der Waals surface area contributed by atoms with Gasteiger partial charge in [0.05, 0.1) is 0 Å². The molecule has 0 aliphatic carbocycles. The maximum absolute atomic E-state index is 2.19. The van der Waals surface area contributed by atoms with Crippen LogP contribution in [-0.2, 0) is 0 Å². The average molecular weight is 332 g/mol. The van der Waals surface area contributed by atoms with Crippen LogP contribution in [0.25, 0.3) is 0 Å². The van der Waals surface area contributed by atoms with Crippen LogP contribution in [0, 0.1) is 20.8 Å². The molecule has 0 bridgehead atoms. The average Bonchev–Trinajstić information content (AvgIpc) is 1.59. The van der Waals surface area contributed by atoms with Crippen molar-refractivity contribution < 1.29 is 0 Å². The van der Waals surface area contributed by atoms with E-state index in [0.29, 0.717) is 0 Å². The molecule has 0 aromatic heterocycles. The molecule has 0 radical (unpaired) electrons. The van der Waals surface area contributed by atoms with E-state index >= 15 is 0 Å². The van der Waals surface area contributed by atoms with Crippen LogP contribution in [0.15, 0.2) is 18.2 Å². The molecule has 0 amide bonds. The van der Waals surface area contributed by atoms with Gasteiger partial charge < -0.3 is 0 Å². The number of aryl methyl sites for hydroxylation is 3. The molecule has 1 heteroatoms. The topological polar surface area (TPSA) is 0 Å². The Balaban J connectivity index is 0.000000810. The fraction of sp³-hybridized carbons (Fsp3) is 0.333. The van der Waals surface area contributed by atoms with Crippen molar-refractivity contribution in [3.63, 3.8) is 0 Å². The Labute approximate surface area is 81.8 Å². The molecular weight excluding hydrogens is 317 g/mol. The van der Waals surface area contributed by atoms with E-state index in [1.54, 1.807) is 0 Å². The van der Waals surface area contributed by atoms with Crippen molar-refractivity contribution in [1.29, 1.82) is 0 Å². The Hall–Kier alpha value is 0.103. The molecule has 0 saturated carbocycles. The summed E-state index contributed by atoms with van der Waals surface area (Å²) in [6.07, 6.45) is 0. The van der Waals surface area contributed by atoms with Crippen molar-refractivity contribution in [2.45, 2.75) is 20.8 Å². The predicted molar refractivity (Wildman–Crippen MR) is 50.6 cm³/mol. The summed E-state index contributed by atoms with van der Waals surface area (Å²) in [5, 5.41) is 0. The molecular formula is C9H15Bi. The summed E-state index contributed by atoms with van der Waals surface area (Å²) < 4.78 is 0. The van der Waals surface area contributed by atoms with Crippen molar-refractivity contribution in [2.24, 2.45) is 0 Å². The van der Waals surface area contributed by atoms with Crippen LogP contribution in [0.4, 0.5) is 0 Å². The first-order valence-electron chi connectivity index (χ1n) is 3.23. The quantitative estimate of drug-likeness (QED) is 0.631. The Bertz CT molecular complexity index is 165. The Morgan fingerprint density at radius 3 is 1.10 bits per heavy atom. The molecule has 56 valence electrons.